The summed E-state index contributed by atoms with van der Waals surface area (Å²) in [6.45, 7) is -0.473. The summed E-state index contributed by atoms with van der Waals surface area (Å²) in [4.78, 5) is 24.8. The average molecular weight is 463 g/mol. The van der Waals surface area contributed by atoms with Crippen molar-refractivity contribution in [2.24, 2.45) is 0 Å². The Balaban J connectivity index is 1.56. The number of hydrogen-bond donors (Lipinski definition) is 1. The maximum absolute atomic E-state index is 13.5. The van der Waals surface area contributed by atoms with Gasteiger partial charge in [-0.05, 0) is 17.7 Å². The molecule has 3 heterocycles. The summed E-state index contributed by atoms with van der Waals surface area (Å²) in [6.07, 6.45) is 0.658. The highest BCUT2D eigenvalue weighted by atomic mass is 35.5. The molecule has 0 aliphatic carbocycles. The Morgan fingerprint density at radius 1 is 1.28 bits per heavy atom. The van der Waals surface area contributed by atoms with Crippen LogP contribution in [-0.2, 0) is 26.8 Å². The van der Waals surface area contributed by atoms with Crippen molar-refractivity contribution >= 4 is 31.0 Å². The van der Waals surface area contributed by atoms with Gasteiger partial charge in [0.25, 0.3) is 5.56 Å². The van der Waals surface area contributed by atoms with Crippen LogP contribution in [0.4, 0.5) is 4.39 Å². The number of fused-ring (bicyclic) bond motifs is 1. The van der Waals surface area contributed by atoms with Crippen molar-refractivity contribution in [2.75, 3.05) is 0 Å². The molecule has 0 saturated carbocycles. The number of aromatic nitrogens is 2. The van der Waals surface area contributed by atoms with Gasteiger partial charge in [-0.3, -0.25) is 18.8 Å². The number of furan rings is 1. The Kier molecular flexibility index (Phi) is 5.14. The second-order valence-electron chi connectivity index (χ2n) is 5.80. The molecule has 1 N–H and O–H groups in total. The van der Waals surface area contributed by atoms with Crippen LogP contribution in [-0.4, -0.2) is 9.55 Å². The SMILES string of the molecule is O=c1[nH]c(=O)n(-c2cc3c(o2)COP(=O)(OCc2ccc(Cl)cc2Cl)O3)cc1F. The largest absolute Gasteiger partial charge is 0.530 e. The molecule has 2 aromatic heterocycles. The van der Waals surface area contributed by atoms with E-state index < -0.39 is 24.9 Å². The fourth-order valence-electron chi connectivity index (χ4n) is 2.44. The molecule has 1 aliphatic heterocycles. The van der Waals surface area contributed by atoms with Crippen LogP contribution in [0.3, 0.4) is 0 Å². The van der Waals surface area contributed by atoms with Crippen LogP contribution in [0.25, 0.3) is 5.88 Å². The van der Waals surface area contributed by atoms with Gasteiger partial charge in [-0.2, -0.15) is 4.39 Å². The van der Waals surface area contributed by atoms with E-state index >= 15 is 0 Å². The van der Waals surface area contributed by atoms with E-state index in [1.807, 2.05) is 0 Å². The fourth-order valence-corrected chi connectivity index (χ4v) is 4.05. The monoisotopic (exact) mass is 462 g/mol. The van der Waals surface area contributed by atoms with Crippen molar-refractivity contribution < 1.29 is 26.9 Å². The summed E-state index contributed by atoms with van der Waals surface area (Å²) in [5, 5.41) is 0.743. The lowest BCUT2D eigenvalue weighted by Crippen LogP contribution is -2.30. The molecule has 0 saturated heterocycles. The van der Waals surface area contributed by atoms with Crippen molar-refractivity contribution in [3.8, 4) is 11.6 Å². The highest BCUT2D eigenvalue weighted by Gasteiger charge is 2.37. The Morgan fingerprint density at radius 3 is 2.83 bits per heavy atom. The molecular weight excluding hydrogens is 453 g/mol. The van der Waals surface area contributed by atoms with Gasteiger partial charge < -0.3 is 8.94 Å². The van der Waals surface area contributed by atoms with Gasteiger partial charge >= 0.3 is 13.5 Å². The van der Waals surface area contributed by atoms with Gasteiger partial charge in [-0.15, -0.1) is 0 Å². The quantitative estimate of drug-likeness (QED) is 0.586. The minimum Gasteiger partial charge on any atom is -0.438 e. The van der Waals surface area contributed by atoms with Crippen LogP contribution < -0.4 is 15.8 Å². The molecule has 9 nitrogen and oxygen atoms in total. The van der Waals surface area contributed by atoms with E-state index in [0.29, 0.717) is 21.8 Å². The minimum atomic E-state index is -4.02. The third-order valence-corrected chi connectivity index (χ3v) is 5.75. The summed E-state index contributed by atoms with van der Waals surface area (Å²) in [6, 6.07) is 5.88. The Labute approximate surface area is 171 Å². The number of phosphoric ester groups is 1. The molecule has 29 heavy (non-hydrogen) atoms. The van der Waals surface area contributed by atoms with E-state index in [1.54, 1.807) is 17.1 Å². The maximum Gasteiger partial charge on any atom is 0.530 e. The highest BCUT2D eigenvalue weighted by Crippen LogP contribution is 2.56. The lowest BCUT2D eigenvalue weighted by molar-refractivity contribution is 0.118. The van der Waals surface area contributed by atoms with Crippen molar-refractivity contribution in [2.45, 2.75) is 13.2 Å². The first kappa shape index (κ1) is 19.9. The van der Waals surface area contributed by atoms with E-state index in [1.165, 1.54) is 12.1 Å². The van der Waals surface area contributed by atoms with Crippen LogP contribution in [0.5, 0.6) is 5.75 Å². The maximum atomic E-state index is 13.5. The molecule has 152 valence electrons. The van der Waals surface area contributed by atoms with Crippen molar-refractivity contribution in [3.05, 3.63) is 78.5 Å². The van der Waals surface area contributed by atoms with Gasteiger partial charge in [0.1, 0.15) is 6.61 Å². The first-order chi connectivity index (χ1) is 13.7. The van der Waals surface area contributed by atoms with E-state index in [4.69, 9.17) is 41.2 Å². The topological polar surface area (TPSA) is 113 Å². The van der Waals surface area contributed by atoms with E-state index in [-0.39, 0.29) is 30.6 Å². The molecule has 1 atom stereocenters. The van der Waals surface area contributed by atoms with Gasteiger partial charge in [0.05, 0.1) is 12.8 Å². The predicted molar refractivity (Wildman–Crippen MR) is 99.2 cm³/mol. The summed E-state index contributed by atoms with van der Waals surface area (Å²) >= 11 is 11.9. The number of phosphoric acid groups is 1. The molecule has 0 amide bonds. The number of nitrogens with zero attached hydrogens (tertiary/aromatic N) is 1. The molecule has 1 unspecified atom stereocenters. The van der Waals surface area contributed by atoms with Crippen molar-refractivity contribution in [1.29, 1.82) is 0 Å². The average Bonchev–Trinajstić information content (AvgIpc) is 3.06. The second-order valence-corrected chi connectivity index (χ2v) is 8.24. The lowest BCUT2D eigenvalue weighted by Gasteiger charge is -2.21. The summed E-state index contributed by atoms with van der Waals surface area (Å²) in [7, 11) is -4.02. The molecule has 4 rings (SSSR count). The molecule has 0 fully saturated rings. The first-order valence-corrected chi connectivity index (χ1v) is 10.1. The molecular formula is C16H10Cl2FN2O7P. The summed E-state index contributed by atoms with van der Waals surface area (Å²) in [5.41, 5.74) is -1.59. The summed E-state index contributed by atoms with van der Waals surface area (Å²) < 4.78 is 47.9. The number of rotatable bonds is 4. The number of halogens is 3. The lowest BCUT2D eigenvalue weighted by atomic mass is 10.2. The predicted octanol–water partition coefficient (Wildman–Crippen LogP) is 3.80. The number of hydrogen-bond acceptors (Lipinski definition) is 7. The highest BCUT2D eigenvalue weighted by molar-refractivity contribution is 7.49. The zero-order valence-electron chi connectivity index (χ0n) is 14.2. The minimum absolute atomic E-state index is 0.0182. The Hall–Kier alpha value is -2.36. The van der Waals surface area contributed by atoms with Crippen LogP contribution >= 0.6 is 31.0 Å². The smallest absolute Gasteiger partial charge is 0.438 e. The third-order valence-electron chi connectivity index (χ3n) is 3.85. The molecule has 0 spiro atoms. The molecule has 1 aliphatic rings. The van der Waals surface area contributed by atoms with E-state index in [9.17, 15) is 18.5 Å². The van der Waals surface area contributed by atoms with Gasteiger partial charge in [0.2, 0.25) is 11.7 Å². The van der Waals surface area contributed by atoms with Crippen molar-refractivity contribution in [3.63, 3.8) is 0 Å². The fraction of sp³-hybridized carbons (Fsp3) is 0.125. The van der Waals surface area contributed by atoms with Crippen LogP contribution in [0, 0.1) is 5.82 Å². The molecule has 3 aromatic rings. The molecule has 0 bridgehead atoms. The Morgan fingerprint density at radius 2 is 2.07 bits per heavy atom. The normalized spacial score (nSPS) is 18.3. The van der Waals surface area contributed by atoms with Gasteiger partial charge in [-0.1, -0.05) is 29.3 Å². The van der Waals surface area contributed by atoms with Crippen LogP contribution in [0.2, 0.25) is 10.0 Å². The van der Waals surface area contributed by atoms with E-state index in [2.05, 4.69) is 0 Å². The number of benzene rings is 1. The zero-order chi connectivity index (χ0) is 20.8. The second kappa shape index (κ2) is 7.47. The number of H-pyrrole nitrogens is 1. The molecule has 13 heteroatoms. The van der Waals surface area contributed by atoms with Crippen LogP contribution in [0.1, 0.15) is 11.3 Å². The van der Waals surface area contributed by atoms with Crippen molar-refractivity contribution in [1.82, 2.24) is 9.55 Å². The standard InChI is InChI=1S/C16H10Cl2FN2O7P/c17-9-2-1-8(10(18)3-9)6-25-29(24)26-7-13-12(28-29)4-14(27-13)21-5-11(19)15(22)20-16(21)23/h1-5H,6-7H2,(H,20,22,23). The zero-order valence-corrected chi connectivity index (χ0v) is 16.6. The molecule has 0 radical (unpaired) electrons. The number of aromatic amines is 1. The van der Waals surface area contributed by atoms with E-state index in [0.717, 1.165) is 4.57 Å². The first-order valence-electron chi connectivity index (χ1n) is 7.91. The number of nitrogens with one attached hydrogen (secondary N) is 1. The molecule has 1 aromatic carbocycles. The van der Waals surface area contributed by atoms with Gasteiger partial charge in [-0.25, -0.2) is 13.9 Å². The third kappa shape index (κ3) is 4.03. The van der Waals surface area contributed by atoms with Gasteiger partial charge in [0, 0.05) is 16.1 Å². The van der Waals surface area contributed by atoms with Crippen LogP contribution in [0.15, 0.2) is 44.5 Å². The summed E-state index contributed by atoms with van der Waals surface area (Å²) in [5.74, 6) is -1.29. The Bertz CT molecular complexity index is 1270. The van der Waals surface area contributed by atoms with Gasteiger partial charge in [0.15, 0.2) is 11.5 Å².